The molecule has 22 nitrogen and oxygen atoms in total. The van der Waals surface area contributed by atoms with E-state index < -0.39 is 9.85 Å². The molecule has 0 bridgehead atoms. The number of ether oxygens (including phenoxy) is 1. The van der Waals surface area contributed by atoms with E-state index in [0.29, 0.717) is 29.3 Å². The average Bonchev–Trinajstić information content (AvgIpc) is 1.82. The normalized spacial score (nSPS) is 8.84. The monoisotopic (exact) mass is 1270 g/mol. The van der Waals surface area contributed by atoms with E-state index in [4.69, 9.17) is 10.6 Å². The molecule has 0 radical (unpaired) electrons. The molecule has 0 fully saturated rings. The number of esters is 1. The highest BCUT2D eigenvalue weighted by Crippen LogP contribution is 2.31. The van der Waals surface area contributed by atoms with Gasteiger partial charge >= 0.3 is 11.7 Å². The Morgan fingerprint density at radius 3 is 1.03 bits per heavy atom. The zero-order valence-electron chi connectivity index (χ0n) is 55.1. The largest absolute Gasteiger partial charge is 1.00 e. The molecule has 0 saturated carbocycles. The molecule has 0 atom stereocenters. The highest BCUT2D eigenvalue weighted by Gasteiger charge is 2.14. The van der Waals surface area contributed by atoms with Gasteiger partial charge in [-0.2, -0.15) is 5.53 Å². The molecule has 23 heteroatoms. The molecule has 8 aromatic carbocycles. The van der Waals surface area contributed by atoms with Crippen LogP contribution in [0.1, 0.15) is 111 Å². The first-order valence-electron chi connectivity index (χ1n) is 29.6. The fraction of sp³-hybridized carbons (Fsp3) is 0.250. The molecular formula is C68H91ClN12O10. The molecule has 6 N–H and O–H groups in total. The van der Waals surface area contributed by atoms with Crippen LogP contribution in [0.4, 0.5) is 28.4 Å². The van der Waals surface area contributed by atoms with Crippen molar-refractivity contribution < 1.29 is 57.7 Å². The van der Waals surface area contributed by atoms with E-state index >= 15 is 0 Å². The fourth-order valence-electron chi connectivity index (χ4n) is 5.97. The molecule has 0 aliphatic heterocycles. The number of phenols is 4. The van der Waals surface area contributed by atoms with Gasteiger partial charge in [-0.15, -0.1) is 40.2 Å². The molecule has 10 aromatic rings. The quantitative estimate of drug-likeness (QED) is 0.0295. The third-order valence-corrected chi connectivity index (χ3v) is 9.59. The predicted octanol–water partition coefficient (Wildman–Crippen LogP) is 15.1. The lowest BCUT2D eigenvalue weighted by Gasteiger charge is -2.00. The molecule has 0 amide bonds. The summed E-state index contributed by atoms with van der Waals surface area (Å²) in [6.07, 6.45) is 0. The van der Waals surface area contributed by atoms with Crippen LogP contribution in [-0.4, -0.2) is 72.8 Å². The number of benzene rings is 8. The Hall–Kier alpha value is -10.7. The van der Waals surface area contributed by atoms with E-state index in [1.807, 2.05) is 164 Å². The van der Waals surface area contributed by atoms with Gasteiger partial charge in [0.25, 0.3) is 5.69 Å². The van der Waals surface area contributed by atoms with Gasteiger partial charge in [-0.1, -0.05) is 207 Å². The van der Waals surface area contributed by atoms with Crippen molar-refractivity contribution in [2.45, 2.75) is 111 Å². The number of nitro groups is 2. The first-order valence-corrected chi connectivity index (χ1v) is 29.6. The second-order valence-electron chi connectivity index (χ2n) is 15.1. The Kier molecular flexibility index (Phi) is 52.1. The van der Waals surface area contributed by atoms with Gasteiger partial charge in [-0.05, 0) is 104 Å². The standard InChI is InChI=1S/C12H9N3O3.2C12H9N3O.C6H5N3O2.C6H10O2.C6H6O.7C2H6.ClH/c16-12-8-4-2-6-10(12)14-13-9-5-1-3-7-11(9)15(17)18;2*16-12-8-4-3-7-11(12)15-13-9-5-1-2-6-10(9)14-15;7-8-5-3-1-2-4-6(5)9(10)11;1-4-8-6(7)5(2)3;7-6-4-2-1-3-5-6;7*1-2;/h1-8,16H;2*1-8,16H;1-4,7H;2,4H2,1,3H3;1-5,7H;7*1-2H3;1H. The second-order valence-corrected chi connectivity index (χ2v) is 15.1. The van der Waals surface area contributed by atoms with Crippen LogP contribution in [0.5, 0.6) is 23.0 Å². The number of aromatic nitrogens is 6. The van der Waals surface area contributed by atoms with Gasteiger partial charge in [0.15, 0.2) is 5.69 Å². The maximum atomic E-state index is 10.8. The molecule has 91 heavy (non-hydrogen) atoms. The third-order valence-electron chi connectivity index (χ3n) is 9.59. The maximum Gasteiger partial charge on any atom is 0.333 e. The minimum Gasteiger partial charge on any atom is -1.00 e. The number of phenolic OH excluding ortho intramolecular Hbond substituents is 4. The molecule has 0 aliphatic rings. The van der Waals surface area contributed by atoms with Gasteiger partial charge in [-0.25, -0.2) is 4.79 Å². The maximum absolute atomic E-state index is 10.8. The third kappa shape index (κ3) is 32.7. The number of azo groups is 1. The Morgan fingerprint density at radius 2 is 0.747 bits per heavy atom. The lowest BCUT2D eigenvalue weighted by Crippen LogP contribution is -3.00. The van der Waals surface area contributed by atoms with Crippen LogP contribution in [0.25, 0.3) is 33.4 Å². The van der Waals surface area contributed by atoms with Gasteiger partial charge in [-0.3, -0.25) is 20.2 Å². The number of carbonyl (C=O) groups is 1. The van der Waals surface area contributed by atoms with E-state index in [2.05, 4.69) is 47.1 Å². The van der Waals surface area contributed by atoms with Crippen molar-refractivity contribution in [3.05, 3.63) is 233 Å². The number of rotatable bonds is 9. The fourth-order valence-corrected chi connectivity index (χ4v) is 5.97. The van der Waals surface area contributed by atoms with Crippen molar-refractivity contribution >= 4 is 56.5 Å². The van der Waals surface area contributed by atoms with E-state index in [1.165, 1.54) is 39.9 Å². The molecular weight excluding hydrogens is 1180 g/mol. The van der Waals surface area contributed by atoms with Crippen LogP contribution in [0, 0.1) is 20.2 Å². The molecule has 0 unspecified atom stereocenters. The highest BCUT2D eigenvalue weighted by atomic mass is 35.5. The van der Waals surface area contributed by atoms with E-state index in [0.717, 1.165) is 22.1 Å². The number of nitro benzene ring substituents is 2. The minimum atomic E-state index is -0.529. The second kappa shape index (κ2) is 54.6. The molecule has 0 spiro atoms. The Balaban J connectivity index is -0.000000489. The number of fused-ring (bicyclic) bond motifs is 2. The van der Waals surface area contributed by atoms with Gasteiger partial charge in [0, 0.05) is 17.7 Å². The summed E-state index contributed by atoms with van der Waals surface area (Å²) in [5.41, 5.74) is 10.2. The van der Waals surface area contributed by atoms with E-state index in [-0.39, 0.29) is 64.1 Å². The summed E-state index contributed by atoms with van der Waals surface area (Å²) < 4.78 is 4.56. The minimum absolute atomic E-state index is 0. The van der Waals surface area contributed by atoms with Gasteiger partial charge in [0.1, 0.15) is 62.1 Å². The van der Waals surface area contributed by atoms with Crippen LogP contribution in [0.3, 0.4) is 0 Å². The van der Waals surface area contributed by atoms with Crippen molar-refractivity contribution in [3.63, 3.8) is 0 Å². The van der Waals surface area contributed by atoms with E-state index in [1.54, 1.807) is 117 Å². The Morgan fingerprint density at radius 1 is 0.462 bits per heavy atom. The smallest absolute Gasteiger partial charge is 0.333 e. The van der Waals surface area contributed by atoms with E-state index in [9.17, 15) is 40.3 Å². The Labute approximate surface area is 541 Å². The first-order chi connectivity index (χ1) is 43.7. The van der Waals surface area contributed by atoms with Crippen molar-refractivity contribution in [1.82, 2.24) is 30.0 Å². The van der Waals surface area contributed by atoms with Crippen molar-refractivity contribution in [3.8, 4) is 34.4 Å². The zero-order chi connectivity index (χ0) is 68.8. The number of hydrogen-bond donors (Lipinski definition) is 5. The van der Waals surface area contributed by atoms with Gasteiger partial charge < -0.3 is 37.6 Å². The number of hydrogen-bond acceptors (Lipinski definition) is 17. The Bertz CT molecular complexity index is 3400. The molecule has 490 valence electrons. The van der Waals surface area contributed by atoms with Crippen LogP contribution in [0.2, 0.25) is 0 Å². The summed E-state index contributed by atoms with van der Waals surface area (Å²) in [5.74, 6) is 0.320. The summed E-state index contributed by atoms with van der Waals surface area (Å²) in [7, 11) is 0. The van der Waals surface area contributed by atoms with Crippen LogP contribution >= 0.6 is 0 Å². The summed E-state index contributed by atoms with van der Waals surface area (Å²) in [5, 5.41) is 86.5. The number of para-hydroxylation sites is 8. The summed E-state index contributed by atoms with van der Waals surface area (Å²) in [4.78, 5) is 33.3. The SMILES string of the molecule is C=C(C)C(=O)OCC.CC.CC.CC.CC.CC.CC.CC.O=[N+]([O-])c1ccccc1N=Nc1ccccc1O.Oc1ccccc1.Oc1ccccc1-n1nc2ccccc2n1.Oc1ccccc1-n1nc2ccccc2n1.[Cl-].[NH2+]=Nc1ccccc1[N+](=O)[O-]. The zero-order valence-corrected chi connectivity index (χ0v) is 55.8. The summed E-state index contributed by atoms with van der Waals surface area (Å²) in [6.45, 7) is 35.2. The van der Waals surface area contributed by atoms with Crippen LogP contribution in [0.15, 0.2) is 228 Å². The topological polar surface area (TPSA) is 318 Å². The van der Waals surface area contributed by atoms with Gasteiger partial charge in [0.2, 0.25) is 5.69 Å². The number of halogens is 1. The molecule has 0 saturated heterocycles. The molecule has 10 rings (SSSR count). The number of carbonyl (C=O) groups excluding carboxylic acids is 1. The van der Waals surface area contributed by atoms with Crippen molar-refractivity contribution in [2.24, 2.45) is 15.3 Å². The lowest BCUT2D eigenvalue weighted by molar-refractivity contribution is -0.384. The molecule has 2 aromatic heterocycles. The number of nitrogens with zero attached hydrogens (tertiary/aromatic N) is 11. The first kappa shape index (κ1) is 86.7. The highest BCUT2D eigenvalue weighted by molar-refractivity contribution is 5.86. The lowest BCUT2D eigenvalue weighted by atomic mass is 10.3. The van der Waals surface area contributed by atoms with Crippen LogP contribution in [-0.2, 0) is 9.53 Å². The van der Waals surface area contributed by atoms with Crippen molar-refractivity contribution in [2.75, 3.05) is 6.61 Å². The van der Waals surface area contributed by atoms with Gasteiger partial charge in [0.05, 0.1) is 16.5 Å². The number of nitrogens with two attached hydrogens (primary N) is 1. The average molecular weight is 1270 g/mol. The van der Waals surface area contributed by atoms with Crippen LogP contribution < -0.4 is 17.9 Å². The van der Waals surface area contributed by atoms with Crippen molar-refractivity contribution in [1.29, 1.82) is 0 Å². The summed E-state index contributed by atoms with van der Waals surface area (Å²) in [6, 6.07) is 56.3. The predicted molar refractivity (Wildman–Crippen MR) is 363 cm³/mol. The molecule has 2 heterocycles. The number of aromatic hydroxyl groups is 4. The summed E-state index contributed by atoms with van der Waals surface area (Å²) >= 11 is 0. The molecule has 0 aliphatic carbocycles.